The summed E-state index contributed by atoms with van der Waals surface area (Å²) in [7, 11) is -2.47. The fourth-order valence-corrected chi connectivity index (χ4v) is 3.52. The van der Waals surface area contributed by atoms with Crippen molar-refractivity contribution in [2.45, 2.75) is 18.4 Å². The Morgan fingerprint density at radius 2 is 1.96 bits per heavy atom. The van der Waals surface area contributed by atoms with Crippen molar-refractivity contribution in [3.8, 4) is 17.2 Å². The number of sulfonamides is 1. The van der Waals surface area contributed by atoms with E-state index in [0.717, 1.165) is 5.56 Å². The first-order valence-corrected chi connectivity index (χ1v) is 9.10. The van der Waals surface area contributed by atoms with E-state index >= 15 is 0 Å². The summed E-state index contributed by atoms with van der Waals surface area (Å²) < 4.78 is 51.6. The van der Waals surface area contributed by atoms with Crippen molar-refractivity contribution in [1.82, 2.24) is 14.9 Å². The minimum absolute atomic E-state index is 0.00819. The van der Waals surface area contributed by atoms with Crippen molar-refractivity contribution in [3.05, 3.63) is 59.7 Å². The van der Waals surface area contributed by atoms with Crippen LogP contribution in [-0.2, 0) is 16.6 Å². The van der Waals surface area contributed by atoms with Gasteiger partial charge < -0.3 is 9.15 Å². The minimum Gasteiger partial charge on any atom is -0.495 e. The normalized spacial score (nSPS) is 11.5. The molecule has 0 radical (unpaired) electrons. The van der Waals surface area contributed by atoms with E-state index in [4.69, 9.17) is 9.15 Å². The van der Waals surface area contributed by atoms with Gasteiger partial charge in [0, 0.05) is 0 Å². The van der Waals surface area contributed by atoms with Gasteiger partial charge >= 0.3 is 0 Å². The van der Waals surface area contributed by atoms with Crippen molar-refractivity contribution in [2.24, 2.45) is 0 Å². The summed E-state index contributed by atoms with van der Waals surface area (Å²) in [4.78, 5) is 0.00819. The highest BCUT2D eigenvalue weighted by Gasteiger charge is 2.21. The fourth-order valence-electron chi connectivity index (χ4n) is 2.30. The van der Waals surface area contributed by atoms with Crippen molar-refractivity contribution in [2.75, 3.05) is 7.11 Å². The lowest BCUT2D eigenvalue weighted by Crippen LogP contribution is -2.24. The molecule has 136 valence electrons. The van der Waals surface area contributed by atoms with Crippen LogP contribution in [0.15, 0.2) is 51.8 Å². The molecule has 0 spiro atoms. The van der Waals surface area contributed by atoms with Crippen molar-refractivity contribution < 1.29 is 22.0 Å². The Kier molecular flexibility index (Phi) is 5.01. The zero-order chi connectivity index (χ0) is 18.7. The van der Waals surface area contributed by atoms with E-state index in [9.17, 15) is 12.8 Å². The van der Waals surface area contributed by atoms with E-state index in [2.05, 4.69) is 14.9 Å². The molecule has 3 rings (SSSR count). The molecular weight excluding hydrogens is 361 g/mol. The molecule has 0 saturated carbocycles. The van der Waals surface area contributed by atoms with Crippen LogP contribution in [0.25, 0.3) is 11.5 Å². The molecule has 9 heteroatoms. The quantitative estimate of drug-likeness (QED) is 0.710. The molecule has 2 aromatic carbocycles. The summed E-state index contributed by atoms with van der Waals surface area (Å²) in [5.74, 6) is -0.294. The Labute approximate surface area is 149 Å². The third-order valence-electron chi connectivity index (χ3n) is 3.59. The molecular formula is C17H16FN3O4S. The van der Waals surface area contributed by atoms with Crippen LogP contribution in [0.2, 0.25) is 0 Å². The van der Waals surface area contributed by atoms with Crippen LogP contribution in [0.5, 0.6) is 5.75 Å². The molecule has 0 atom stereocenters. The molecule has 3 aromatic rings. The van der Waals surface area contributed by atoms with Gasteiger partial charge in [-0.2, -0.15) is 0 Å². The number of benzene rings is 2. The van der Waals surface area contributed by atoms with E-state index < -0.39 is 15.8 Å². The number of methoxy groups -OCH3 is 1. The highest BCUT2D eigenvalue weighted by Crippen LogP contribution is 2.25. The highest BCUT2D eigenvalue weighted by atomic mass is 32.2. The van der Waals surface area contributed by atoms with Gasteiger partial charge in [0.1, 0.15) is 16.5 Å². The number of hydrogen-bond acceptors (Lipinski definition) is 6. The van der Waals surface area contributed by atoms with Gasteiger partial charge in [-0.15, -0.1) is 10.2 Å². The van der Waals surface area contributed by atoms with Crippen LogP contribution >= 0.6 is 0 Å². The van der Waals surface area contributed by atoms with Crippen molar-refractivity contribution in [1.29, 1.82) is 0 Å². The Morgan fingerprint density at radius 1 is 1.19 bits per heavy atom. The molecule has 0 amide bonds. The van der Waals surface area contributed by atoms with Gasteiger partial charge in [-0.3, -0.25) is 0 Å². The molecule has 0 aliphatic rings. The zero-order valence-corrected chi connectivity index (χ0v) is 14.9. The lowest BCUT2D eigenvalue weighted by Gasteiger charge is -2.10. The van der Waals surface area contributed by atoms with E-state index in [0.29, 0.717) is 0 Å². The van der Waals surface area contributed by atoms with Crippen LogP contribution in [-0.4, -0.2) is 25.7 Å². The number of nitrogens with zero attached hydrogens (tertiary/aromatic N) is 2. The van der Waals surface area contributed by atoms with E-state index in [1.165, 1.54) is 25.3 Å². The molecule has 0 fully saturated rings. The summed E-state index contributed by atoms with van der Waals surface area (Å²) in [5.41, 5.74) is 0.917. The lowest BCUT2D eigenvalue weighted by atomic mass is 10.2. The summed E-state index contributed by atoms with van der Waals surface area (Å²) in [6, 6.07) is 10.8. The maximum Gasteiger partial charge on any atom is 0.250 e. The van der Waals surface area contributed by atoms with E-state index in [1.54, 1.807) is 31.2 Å². The van der Waals surface area contributed by atoms with Crippen LogP contribution in [0.3, 0.4) is 0 Å². The van der Waals surface area contributed by atoms with Crippen LogP contribution in [0.4, 0.5) is 4.39 Å². The third kappa shape index (κ3) is 3.73. The third-order valence-corrected chi connectivity index (χ3v) is 5.02. The van der Waals surface area contributed by atoms with Crippen LogP contribution in [0, 0.1) is 12.7 Å². The largest absolute Gasteiger partial charge is 0.495 e. The molecule has 26 heavy (non-hydrogen) atoms. The molecule has 0 aliphatic carbocycles. The molecule has 0 aliphatic heterocycles. The lowest BCUT2D eigenvalue weighted by molar-refractivity contribution is 0.402. The summed E-state index contributed by atoms with van der Waals surface area (Å²) in [5, 5.41) is 7.50. The monoisotopic (exact) mass is 377 g/mol. The van der Waals surface area contributed by atoms with Gasteiger partial charge in [-0.25, -0.2) is 17.5 Å². The van der Waals surface area contributed by atoms with Crippen LogP contribution < -0.4 is 9.46 Å². The molecule has 0 unspecified atom stereocenters. The summed E-state index contributed by atoms with van der Waals surface area (Å²) in [6.45, 7) is 1.54. The number of halogens is 1. The maximum atomic E-state index is 13.7. The first kappa shape index (κ1) is 18.0. The predicted molar refractivity (Wildman–Crippen MR) is 91.4 cm³/mol. The molecule has 1 N–H and O–H groups in total. The number of aromatic nitrogens is 2. The number of rotatable bonds is 6. The predicted octanol–water partition coefficient (Wildman–Crippen LogP) is 2.67. The van der Waals surface area contributed by atoms with E-state index in [1.807, 2.05) is 0 Å². The molecule has 7 nitrogen and oxygen atoms in total. The number of hydrogen-bond donors (Lipinski definition) is 1. The smallest absolute Gasteiger partial charge is 0.250 e. The Bertz CT molecular complexity index is 1030. The van der Waals surface area contributed by atoms with Gasteiger partial charge in [0.15, 0.2) is 0 Å². The Morgan fingerprint density at radius 3 is 2.69 bits per heavy atom. The standard InChI is InChI=1S/C17H16FN3O4S/c1-11-7-8-14(24-2)15(9-11)26(22,23)19-10-16-20-21-17(25-16)12-5-3-4-6-13(12)18/h3-9,19H,10H2,1-2H3. The maximum absolute atomic E-state index is 13.7. The number of aryl methyl sites for hydroxylation is 1. The van der Waals surface area contributed by atoms with Crippen LogP contribution in [0.1, 0.15) is 11.5 Å². The molecule has 0 saturated heterocycles. The van der Waals surface area contributed by atoms with Gasteiger partial charge in [-0.1, -0.05) is 18.2 Å². The first-order valence-electron chi connectivity index (χ1n) is 7.62. The van der Waals surface area contributed by atoms with Gasteiger partial charge in [0.2, 0.25) is 15.9 Å². The van der Waals surface area contributed by atoms with E-state index in [-0.39, 0.29) is 34.5 Å². The van der Waals surface area contributed by atoms with Crippen molar-refractivity contribution >= 4 is 10.0 Å². The molecule has 0 bridgehead atoms. The second kappa shape index (κ2) is 7.22. The fraction of sp³-hybridized carbons (Fsp3) is 0.176. The highest BCUT2D eigenvalue weighted by molar-refractivity contribution is 7.89. The average molecular weight is 377 g/mol. The van der Waals surface area contributed by atoms with Gasteiger partial charge in [0.05, 0.1) is 19.2 Å². The zero-order valence-electron chi connectivity index (χ0n) is 14.1. The number of ether oxygens (including phenoxy) is 1. The summed E-state index contributed by atoms with van der Waals surface area (Å²) in [6.07, 6.45) is 0. The first-order chi connectivity index (χ1) is 12.4. The Hall–Kier alpha value is -2.78. The topological polar surface area (TPSA) is 94.3 Å². The second-order valence-electron chi connectivity index (χ2n) is 5.46. The SMILES string of the molecule is COc1ccc(C)cc1S(=O)(=O)NCc1nnc(-c2ccccc2F)o1. The Balaban J connectivity index is 1.79. The van der Waals surface area contributed by atoms with Crippen molar-refractivity contribution in [3.63, 3.8) is 0 Å². The molecule has 1 heterocycles. The number of nitrogens with one attached hydrogen (secondary N) is 1. The van der Waals surface area contributed by atoms with Gasteiger partial charge in [-0.05, 0) is 36.8 Å². The van der Waals surface area contributed by atoms with Gasteiger partial charge in [0.25, 0.3) is 5.89 Å². The second-order valence-corrected chi connectivity index (χ2v) is 7.20. The minimum atomic E-state index is -3.86. The molecule has 1 aromatic heterocycles. The summed E-state index contributed by atoms with van der Waals surface area (Å²) >= 11 is 0. The average Bonchev–Trinajstić information content (AvgIpc) is 3.09.